The van der Waals surface area contributed by atoms with Crippen LogP contribution < -0.4 is 10.5 Å². The van der Waals surface area contributed by atoms with Gasteiger partial charge in [0.1, 0.15) is 12.3 Å². The van der Waals surface area contributed by atoms with E-state index in [0.29, 0.717) is 35.6 Å². The van der Waals surface area contributed by atoms with Crippen molar-refractivity contribution in [1.82, 2.24) is 9.38 Å². The van der Waals surface area contributed by atoms with E-state index in [1.165, 1.54) is 10.5 Å². The fourth-order valence-corrected chi connectivity index (χ4v) is 3.38. The van der Waals surface area contributed by atoms with Crippen molar-refractivity contribution in [3.05, 3.63) is 75.8 Å². The molecule has 3 heterocycles. The molecular weight excluding hydrogens is 358 g/mol. The lowest BCUT2D eigenvalue weighted by Gasteiger charge is -2.18. The summed E-state index contributed by atoms with van der Waals surface area (Å²) < 4.78 is 6.86. The second-order valence-electron chi connectivity index (χ2n) is 6.71. The van der Waals surface area contributed by atoms with Gasteiger partial charge in [-0.3, -0.25) is 14.0 Å². The number of amides is 1. The van der Waals surface area contributed by atoms with Gasteiger partial charge < -0.3 is 9.64 Å². The van der Waals surface area contributed by atoms with Crippen LogP contribution in [0.25, 0.3) is 5.65 Å². The minimum atomic E-state index is -0.554. The third kappa shape index (κ3) is 3.26. The Morgan fingerprint density at radius 1 is 1.18 bits per heavy atom. The Balaban J connectivity index is 1.57. The van der Waals surface area contributed by atoms with Gasteiger partial charge >= 0.3 is 5.97 Å². The van der Waals surface area contributed by atoms with Gasteiger partial charge in [0.05, 0.1) is 16.9 Å². The van der Waals surface area contributed by atoms with E-state index in [2.05, 4.69) is 4.98 Å². The summed E-state index contributed by atoms with van der Waals surface area (Å²) in [5, 5.41) is 0. The number of aromatic nitrogens is 2. The summed E-state index contributed by atoms with van der Waals surface area (Å²) in [6, 6.07) is 11.9. The number of ether oxygens (including phenoxy) is 1. The highest BCUT2D eigenvalue weighted by molar-refractivity contribution is 6.03. The van der Waals surface area contributed by atoms with Gasteiger partial charge in [-0.25, -0.2) is 9.78 Å². The number of carbonyl (C=O) groups excluding carboxylic acids is 2. The number of hydrogen-bond donors (Lipinski definition) is 0. The molecule has 142 valence electrons. The molecule has 1 fully saturated rings. The molecule has 1 aliphatic heterocycles. The lowest BCUT2D eigenvalue weighted by molar-refractivity contribution is -0.117. The van der Waals surface area contributed by atoms with E-state index >= 15 is 0 Å². The molecule has 4 rings (SSSR count). The monoisotopic (exact) mass is 377 g/mol. The number of fused-ring (bicyclic) bond motifs is 1. The van der Waals surface area contributed by atoms with Crippen LogP contribution in [0, 0.1) is 6.92 Å². The van der Waals surface area contributed by atoms with Crippen LogP contribution in [0.2, 0.25) is 0 Å². The van der Waals surface area contributed by atoms with Gasteiger partial charge in [-0.15, -0.1) is 0 Å². The number of para-hydroxylation sites is 1. The molecule has 1 aliphatic rings. The highest BCUT2D eigenvalue weighted by Gasteiger charge is 2.26. The van der Waals surface area contributed by atoms with Gasteiger partial charge in [0.25, 0.3) is 5.56 Å². The zero-order valence-corrected chi connectivity index (χ0v) is 15.4. The highest BCUT2D eigenvalue weighted by Crippen LogP contribution is 2.26. The number of carbonyl (C=O) groups is 2. The third-order valence-corrected chi connectivity index (χ3v) is 4.78. The van der Waals surface area contributed by atoms with Crippen LogP contribution in [0.3, 0.4) is 0 Å². The summed E-state index contributed by atoms with van der Waals surface area (Å²) in [4.78, 5) is 43.0. The van der Waals surface area contributed by atoms with Crippen LogP contribution in [0.15, 0.2) is 53.5 Å². The average Bonchev–Trinajstić information content (AvgIpc) is 3.13. The molecule has 0 atom stereocenters. The molecule has 0 bridgehead atoms. The maximum Gasteiger partial charge on any atom is 0.340 e. The molecule has 2 aromatic heterocycles. The largest absolute Gasteiger partial charge is 0.456 e. The van der Waals surface area contributed by atoms with E-state index in [1.54, 1.807) is 41.4 Å². The Kier molecular flexibility index (Phi) is 4.65. The summed E-state index contributed by atoms with van der Waals surface area (Å²) in [6.45, 7) is 2.33. The van der Waals surface area contributed by atoms with Crippen LogP contribution in [0.5, 0.6) is 0 Å². The zero-order chi connectivity index (χ0) is 19.7. The number of benzene rings is 1. The molecule has 3 aromatic rings. The van der Waals surface area contributed by atoms with Crippen molar-refractivity contribution in [3.63, 3.8) is 0 Å². The summed E-state index contributed by atoms with van der Waals surface area (Å²) >= 11 is 0. The predicted molar refractivity (Wildman–Crippen MR) is 103 cm³/mol. The van der Waals surface area contributed by atoms with Gasteiger partial charge in [-0.1, -0.05) is 18.2 Å². The van der Waals surface area contributed by atoms with E-state index in [9.17, 15) is 14.4 Å². The fourth-order valence-electron chi connectivity index (χ4n) is 3.38. The molecule has 0 saturated carbocycles. The van der Waals surface area contributed by atoms with Gasteiger partial charge in [0, 0.05) is 25.2 Å². The van der Waals surface area contributed by atoms with Gasteiger partial charge in [-0.2, -0.15) is 0 Å². The second-order valence-corrected chi connectivity index (χ2v) is 6.71. The average molecular weight is 377 g/mol. The maximum atomic E-state index is 12.6. The smallest absolute Gasteiger partial charge is 0.340 e. The van der Waals surface area contributed by atoms with Crippen molar-refractivity contribution < 1.29 is 14.3 Å². The Morgan fingerprint density at radius 2 is 2.00 bits per heavy atom. The number of nitrogens with zero attached hydrogens (tertiary/aromatic N) is 3. The molecule has 0 unspecified atom stereocenters. The lowest BCUT2D eigenvalue weighted by atomic mass is 10.1. The van der Waals surface area contributed by atoms with Crippen molar-refractivity contribution in [2.75, 3.05) is 11.4 Å². The number of pyridine rings is 1. The summed E-state index contributed by atoms with van der Waals surface area (Å²) in [6.07, 6.45) is 2.90. The Morgan fingerprint density at radius 3 is 2.79 bits per heavy atom. The van der Waals surface area contributed by atoms with Gasteiger partial charge in [0.15, 0.2) is 0 Å². The zero-order valence-electron chi connectivity index (χ0n) is 15.4. The maximum absolute atomic E-state index is 12.6. The van der Waals surface area contributed by atoms with Crippen LogP contribution in [-0.2, 0) is 16.1 Å². The Hall–Kier alpha value is -3.48. The van der Waals surface area contributed by atoms with E-state index in [1.807, 2.05) is 13.0 Å². The molecule has 1 aromatic carbocycles. The van der Waals surface area contributed by atoms with Crippen LogP contribution in [0.4, 0.5) is 5.69 Å². The lowest BCUT2D eigenvalue weighted by Crippen LogP contribution is -2.26. The molecular formula is C21H19N3O4. The molecule has 1 saturated heterocycles. The Labute approximate surface area is 161 Å². The standard InChI is InChI=1S/C21H19N3O4/c1-14-6-4-11-24-19(26)12-15(22-20(14)24)13-28-21(27)16-7-2-3-8-17(16)23-10-5-9-18(23)25/h2-4,6-8,11-12H,5,9-10,13H2,1H3. The van der Waals surface area contributed by atoms with E-state index in [0.717, 1.165) is 12.0 Å². The first-order chi connectivity index (χ1) is 13.5. The molecule has 0 N–H and O–H groups in total. The molecule has 7 heteroatoms. The first-order valence-electron chi connectivity index (χ1n) is 9.09. The SMILES string of the molecule is Cc1cccn2c(=O)cc(COC(=O)c3ccccc3N3CCCC3=O)nc12. The first-order valence-corrected chi connectivity index (χ1v) is 9.09. The third-order valence-electron chi connectivity index (χ3n) is 4.78. The molecule has 0 aliphatic carbocycles. The molecule has 1 amide bonds. The van der Waals surface area contributed by atoms with E-state index < -0.39 is 5.97 Å². The van der Waals surface area contributed by atoms with Crippen LogP contribution in [0.1, 0.15) is 34.5 Å². The van der Waals surface area contributed by atoms with Crippen molar-refractivity contribution >= 4 is 23.2 Å². The minimum Gasteiger partial charge on any atom is -0.456 e. The van der Waals surface area contributed by atoms with Gasteiger partial charge in [-0.05, 0) is 37.1 Å². The number of anilines is 1. The molecule has 0 spiro atoms. The molecule has 28 heavy (non-hydrogen) atoms. The number of rotatable bonds is 4. The second kappa shape index (κ2) is 7.26. The van der Waals surface area contributed by atoms with E-state index in [4.69, 9.17) is 4.74 Å². The van der Waals surface area contributed by atoms with Gasteiger partial charge in [0.2, 0.25) is 5.91 Å². The van der Waals surface area contributed by atoms with Crippen LogP contribution >= 0.6 is 0 Å². The van der Waals surface area contributed by atoms with E-state index in [-0.39, 0.29) is 18.1 Å². The summed E-state index contributed by atoms with van der Waals surface area (Å²) in [7, 11) is 0. The van der Waals surface area contributed by atoms with Crippen molar-refractivity contribution in [2.45, 2.75) is 26.4 Å². The van der Waals surface area contributed by atoms with Crippen molar-refractivity contribution in [2.24, 2.45) is 0 Å². The highest BCUT2D eigenvalue weighted by atomic mass is 16.5. The van der Waals surface area contributed by atoms with Crippen LogP contribution in [-0.4, -0.2) is 27.8 Å². The first kappa shape index (κ1) is 17.9. The molecule has 0 radical (unpaired) electrons. The Bertz CT molecular complexity index is 1140. The number of esters is 1. The quantitative estimate of drug-likeness (QED) is 0.653. The number of aryl methyl sites for hydroxylation is 1. The predicted octanol–water partition coefficient (Wildman–Crippen LogP) is 2.49. The fraction of sp³-hybridized carbons (Fsp3) is 0.238. The summed E-state index contributed by atoms with van der Waals surface area (Å²) in [5.41, 5.74) is 2.41. The topological polar surface area (TPSA) is 81.0 Å². The van der Waals surface area contributed by atoms with Crippen molar-refractivity contribution in [3.8, 4) is 0 Å². The number of hydrogen-bond acceptors (Lipinski definition) is 5. The molecule has 7 nitrogen and oxygen atoms in total. The summed E-state index contributed by atoms with van der Waals surface area (Å²) in [5.74, 6) is -0.554. The van der Waals surface area contributed by atoms with Crippen molar-refractivity contribution in [1.29, 1.82) is 0 Å². The minimum absolute atomic E-state index is 0.0000532. The normalized spacial score (nSPS) is 13.9.